The molecular formula is C13H18N2O3. The van der Waals surface area contributed by atoms with Gasteiger partial charge in [0.1, 0.15) is 0 Å². The van der Waals surface area contributed by atoms with Crippen molar-refractivity contribution < 1.29 is 9.72 Å². The van der Waals surface area contributed by atoms with E-state index in [0.29, 0.717) is 11.1 Å². The van der Waals surface area contributed by atoms with Gasteiger partial charge in [-0.1, -0.05) is 19.4 Å². The second-order valence-electron chi connectivity index (χ2n) is 4.37. The molecular weight excluding hydrogens is 232 g/mol. The number of hydrogen-bond acceptors (Lipinski definition) is 3. The third-order valence-corrected chi connectivity index (χ3v) is 2.85. The quantitative estimate of drug-likeness (QED) is 0.645. The fraction of sp³-hybridized carbons (Fsp3) is 0.462. The summed E-state index contributed by atoms with van der Waals surface area (Å²) in [7, 11) is 0. The molecule has 1 N–H and O–H groups in total. The Hall–Kier alpha value is -1.91. The minimum Gasteiger partial charge on any atom is -0.350 e. The van der Waals surface area contributed by atoms with E-state index in [1.54, 1.807) is 13.0 Å². The van der Waals surface area contributed by atoms with Gasteiger partial charge in [-0.15, -0.1) is 0 Å². The van der Waals surface area contributed by atoms with Crippen LogP contribution in [0, 0.1) is 17.0 Å². The monoisotopic (exact) mass is 250 g/mol. The molecule has 0 saturated carbocycles. The standard InChI is InChI=1S/C13H18N2O3/c1-4-6-9(2)14-13(16)11-7-5-8-12(10(11)3)15(17)18/h5,7-9H,4,6H2,1-3H3,(H,14,16)/t9-/m1/s1. The molecule has 1 aromatic carbocycles. The van der Waals surface area contributed by atoms with Crippen LogP contribution >= 0.6 is 0 Å². The number of carbonyl (C=O) groups excluding carboxylic acids is 1. The summed E-state index contributed by atoms with van der Waals surface area (Å²) in [6.45, 7) is 5.56. The van der Waals surface area contributed by atoms with Gasteiger partial charge >= 0.3 is 0 Å². The van der Waals surface area contributed by atoms with Crippen LogP contribution < -0.4 is 5.32 Å². The lowest BCUT2D eigenvalue weighted by Crippen LogP contribution is -2.32. The molecule has 0 radical (unpaired) electrons. The molecule has 98 valence electrons. The SMILES string of the molecule is CCC[C@@H](C)NC(=O)c1cccc([N+](=O)[O-])c1C. The molecule has 0 fully saturated rings. The Labute approximate surface area is 106 Å². The molecule has 0 aliphatic heterocycles. The summed E-state index contributed by atoms with van der Waals surface area (Å²) in [4.78, 5) is 22.3. The van der Waals surface area contributed by atoms with Gasteiger partial charge in [-0.2, -0.15) is 0 Å². The number of rotatable bonds is 5. The van der Waals surface area contributed by atoms with Crippen molar-refractivity contribution in [3.8, 4) is 0 Å². The summed E-state index contributed by atoms with van der Waals surface area (Å²) in [6, 6.07) is 4.61. The predicted octanol–water partition coefficient (Wildman–Crippen LogP) is 2.82. The normalized spacial score (nSPS) is 11.9. The Morgan fingerprint density at radius 3 is 2.72 bits per heavy atom. The average Bonchev–Trinajstić information content (AvgIpc) is 2.28. The van der Waals surface area contributed by atoms with Gasteiger partial charge in [0.15, 0.2) is 0 Å². The number of carbonyl (C=O) groups is 1. The van der Waals surface area contributed by atoms with Crippen molar-refractivity contribution in [3.05, 3.63) is 39.4 Å². The minimum absolute atomic E-state index is 0.0224. The van der Waals surface area contributed by atoms with E-state index in [1.807, 2.05) is 13.8 Å². The lowest BCUT2D eigenvalue weighted by atomic mass is 10.1. The van der Waals surface area contributed by atoms with E-state index in [2.05, 4.69) is 5.32 Å². The van der Waals surface area contributed by atoms with Gasteiger partial charge in [-0.05, 0) is 26.3 Å². The summed E-state index contributed by atoms with van der Waals surface area (Å²) in [5, 5.41) is 13.6. The van der Waals surface area contributed by atoms with Gasteiger partial charge in [0.25, 0.3) is 11.6 Å². The van der Waals surface area contributed by atoms with Gasteiger partial charge in [0.2, 0.25) is 0 Å². The number of nitro groups is 1. The average molecular weight is 250 g/mol. The van der Waals surface area contributed by atoms with E-state index in [1.165, 1.54) is 12.1 Å². The first-order valence-corrected chi connectivity index (χ1v) is 6.02. The molecule has 0 aliphatic carbocycles. The molecule has 1 rings (SSSR count). The topological polar surface area (TPSA) is 72.2 Å². The molecule has 1 aromatic rings. The number of benzene rings is 1. The van der Waals surface area contributed by atoms with Crippen LogP contribution in [0.3, 0.4) is 0 Å². The highest BCUT2D eigenvalue weighted by Gasteiger charge is 2.18. The van der Waals surface area contributed by atoms with Gasteiger partial charge in [-0.25, -0.2) is 0 Å². The van der Waals surface area contributed by atoms with Crippen LogP contribution in [-0.2, 0) is 0 Å². The second kappa shape index (κ2) is 6.14. The van der Waals surface area contributed by atoms with Crippen molar-refractivity contribution in [3.63, 3.8) is 0 Å². The van der Waals surface area contributed by atoms with Crippen LogP contribution in [0.2, 0.25) is 0 Å². The first-order chi connectivity index (χ1) is 8.47. The van der Waals surface area contributed by atoms with E-state index in [9.17, 15) is 14.9 Å². The van der Waals surface area contributed by atoms with Crippen molar-refractivity contribution in [1.82, 2.24) is 5.32 Å². The van der Waals surface area contributed by atoms with E-state index in [4.69, 9.17) is 0 Å². The van der Waals surface area contributed by atoms with Crippen molar-refractivity contribution in [2.75, 3.05) is 0 Å². The molecule has 1 amide bonds. The largest absolute Gasteiger partial charge is 0.350 e. The van der Waals surface area contributed by atoms with Gasteiger partial charge in [0, 0.05) is 23.2 Å². The predicted molar refractivity (Wildman–Crippen MR) is 69.7 cm³/mol. The van der Waals surface area contributed by atoms with Gasteiger partial charge in [0.05, 0.1) is 4.92 Å². The molecule has 0 heterocycles. The maximum absolute atomic E-state index is 12.0. The van der Waals surface area contributed by atoms with Crippen LogP contribution in [0.1, 0.15) is 42.6 Å². The molecule has 0 spiro atoms. The van der Waals surface area contributed by atoms with Crippen LogP contribution in [0.4, 0.5) is 5.69 Å². The number of amides is 1. The third kappa shape index (κ3) is 3.29. The Morgan fingerprint density at radius 1 is 1.50 bits per heavy atom. The molecule has 0 bridgehead atoms. The van der Waals surface area contributed by atoms with Crippen molar-refractivity contribution in [2.24, 2.45) is 0 Å². The zero-order valence-electron chi connectivity index (χ0n) is 10.9. The smallest absolute Gasteiger partial charge is 0.273 e. The summed E-state index contributed by atoms with van der Waals surface area (Å²) >= 11 is 0. The van der Waals surface area contributed by atoms with Crippen molar-refractivity contribution >= 4 is 11.6 Å². The molecule has 18 heavy (non-hydrogen) atoms. The summed E-state index contributed by atoms with van der Waals surface area (Å²) < 4.78 is 0. The fourth-order valence-electron chi connectivity index (χ4n) is 1.87. The summed E-state index contributed by atoms with van der Waals surface area (Å²) in [6.07, 6.45) is 1.87. The van der Waals surface area contributed by atoms with Crippen LogP contribution in [0.25, 0.3) is 0 Å². The Morgan fingerprint density at radius 2 is 2.17 bits per heavy atom. The Bertz CT molecular complexity index is 458. The zero-order valence-corrected chi connectivity index (χ0v) is 10.9. The molecule has 0 unspecified atom stereocenters. The van der Waals surface area contributed by atoms with Crippen LogP contribution in [0.15, 0.2) is 18.2 Å². The molecule has 0 saturated heterocycles. The van der Waals surface area contributed by atoms with E-state index < -0.39 is 4.92 Å². The molecule has 0 aliphatic rings. The Kier molecular flexibility index (Phi) is 4.83. The first-order valence-electron chi connectivity index (χ1n) is 6.02. The maximum atomic E-state index is 12.0. The lowest BCUT2D eigenvalue weighted by Gasteiger charge is -2.13. The highest BCUT2D eigenvalue weighted by molar-refractivity contribution is 5.96. The van der Waals surface area contributed by atoms with E-state index in [-0.39, 0.29) is 17.6 Å². The van der Waals surface area contributed by atoms with Crippen molar-refractivity contribution in [1.29, 1.82) is 0 Å². The third-order valence-electron chi connectivity index (χ3n) is 2.85. The molecule has 0 aromatic heterocycles. The number of nitrogens with zero attached hydrogens (tertiary/aromatic N) is 1. The molecule has 1 atom stereocenters. The highest BCUT2D eigenvalue weighted by Crippen LogP contribution is 2.21. The van der Waals surface area contributed by atoms with Crippen LogP contribution in [-0.4, -0.2) is 16.9 Å². The maximum Gasteiger partial charge on any atom is 0.273 e. The molecule has 5 heteroatoms. The summed E-state index contributed by atoms with van der Waals surface area (Å²) in [5.74, 6) is -0.253. The first kappa shape index (κ1) is 14.2. The van der Waals surface area contributed by atoms with Crippen LogP contribution in [0.5, 0.6) is 0 Å². The minimum atomic E-state index is -0.471. The van der Waals surface area contributed by atoms with E-state index >= 15 is 0 Å². The lowest BCUT2D eigenvalue weighted by molar-refractivity contribution is -0.385. The van der Waals surface area contributed by atoms with Gasteiger partial charge in [-0.3, -0.25) is 14.9 Å². The van der Waals surface area contributed by atoms with Crippen molar-refractivity contribution in [2.45, 2.75) is 39.7 Å². The van der Waals surface area contributed by atoms with Gasteiger partial charge < -0.3 is 5.32 Å². The summed E-state index contributed by atoms with van der Waals surface area (Å²) in [5.41, 5.74) is 0.752. The highest BCUT2D eigenvalue weighted by atomic mass is 16.6. The number of hydrogen-bond donors (Lipinski definition) is 1. The second-order valence-corrected chi connectivity index (χ2v) is 4.37. The number of nitro benzene ring substituents is 1. The fourth-order valence-corrected chi connectivity index (χ4v) is 1.87. The molecule has 5 nitrogen and oxygen atoms in total. The van der Waals surface area contributed by atoms with E-state index in [0.717, 1.165) is 12.8 Å². The Balaban J connectivity index is 2.93. The number of nitrogens with one attached hydrogen (secondary N) is 1. The zero-order chi connectivity index (χ0) is 13.7.